The highest BCUT2D eigenvalue weighted by atomic mass is 35.5. The van der Waals surface area contributed by atoms with Crippen molar-refractivity contribution in [1.29, 1.82) is 0 Å². The second-order valence-corrected chi connectivity index (χ2v) is 7.23. The van der Waals surface area contributed by atoms with Crippen molar-refractivity contribution >= 4 is 17.5 Å². The first-order chi connectivity index (χ1) is 12.0. The maximum atomic E-state index is 13.0. The second-order valence-electron chi connectivity index (χ2n) is 6.82. The van der Waals surface area contributed by atoms with Gasteiger partial charge in [0, 0.05) is 24.8 Å². The Kier molecular flexibility index (Phi) is 5.39. The van der Waals surface area contributed by atoms with Crippen LogP contribution >= 0.6 is 11.6 Å². The van der Waals surface area contributed by atoms with Crippen LogP contribution in [0.1, 0.15) is 30.1 Å². The van der Waals surface area contributed by atoms with Crippen LogP contribution in [0.3, 0.4) is 0 Å². The number of halogens is 1. The van der Waals surface area contributed by atoms with Gasteiger partial charge in [-0.3, -0.25) is 9.36 Å². The van der Waals surface area contributed by atoms with Crippen molar-refractivity contribution in [3.05, 3.63) is 41.4 Å². The number of hydrogen-bond acceptors (Lipinski definition) is 4. The third-order valence-electron chi connectivity index (χ3n) is 4.92. The normalized spacial score (nSPS) is 20.4. The fraction of sp³-hybridized carbons (Fsp3) is 0.500. The number of hydrogen-bond donors (Lipinski definition) is 0. The number of amides is 1. The van der Waals surface area contributed by atoms with Crippen LogP contribution in [0.5, 0.6) is 0 Å². The number of benzene rings is 1. The Hall–Kier alpha value is -1.92. The van der Waals surface area contributed by atoms with Crippen molar-refractivity contribution in [2.75, 3.05) is 27.2 Å². The summed E-state index contributed by atoms with van der Waals surface area (Å²) in [4.78, 5) is 17.1. The average Bonchev–Trinajstić information content (AvgIpc) is 3.24. The van der Waals surface area contributed by atoms with Gasteiger partial charge in [0.05, 0.1) is 10.6 Å². The molecule has 0 saturated carbocycles. The summed E-state index contributed by atoms with van der Waals surface area (Å²) >= 11 is 6.40. The molecule has 1 aromatic heterocycles. The summed E-state index contributed by atoms with van der Waals surface area (Å²) in [5.41, 5.74) is 1.39. The van der Waals surface area contributed by atoms with Crippen molar-refractivity contribution in [3.8, 4) is 5.69 Å². The van der Waals surface area contributed by atoms with Crippen molar-refractivity contribution in [2.45, 2.75) is 25.8 Å². The number of carbonyl (C=O) groups excluding carboxylic acids is 1. The number of rotatable bonds is 5. The van der Waals surface area contributed by atoms with Gasteiger partial charge in [-0.1, -0.05) is 24.9 Å². The Morgan fingerprint density at radius 2 is 2.00 bits per heavy atom. The molecule has 0 aliphatic carbocycles. The summed E-state index contributed by atoms with van der Waals surface area (Å²) in [6.07, 6.45) is 5.47. The molecule has 1 aliphatic rings. The zero-order valence-corrected chi connectivity index (χ0v) is 15.6. The first kappa shape index (κ1) is 17.9. The molecule has 2 unspecified atom stereocenters. The van der Waals surface area contributed by atoms with Crippen LogP contribution in [0, 0.1) is 5.92 Å². The van der Waals surface area contributed by atoms with Gasteiger partial charge in [0.2, 0.25) is 0 Å². The molecule has 6 nitrogen and oxygen atoms in total. The summed E-state index contributed by atoms with van der Waals surface area (Å²) in [7, 11) is 4.17. The van der Waals surface area contributed by atoms with Crippen molar-refractivity contribution in [2.24, 2.45) is 5.92 Å². The summed E-state index contributed by atoms with van der Waals surface area (Å²) in [6, 6.07) is 5.84. The van der Waals surface area contributed by atoms with E-state index in [0.29, 0.717) is 22.5 Å². The summed E-state index contributed by atoms with van der Waals surface area (Å²) in [5.74, 6) is 0.518. The Morgan fingerprint density at radius 1 is 1.28 bits per heavy atom. The topological polar surface area (TPSA) is 54.3 Å². The SMILES string of the molecule is CCCC1CN(C(=O)c2ccc(-n3cnnc3)cc2Cl)CC1N(C)C. The van der Waals surface area contributed by atoms with E-state index >= 15 is 0 Å². The van der Waals surface area contributed by atoms with E-state index in [2.05, 4.69) is 36.1 Å². The van der Waals surface area contributed by atoms with Gasteiger partial charge in [0.15, 0.2) is 0 Å². The first-order valence-corrected chi connectivity index (χ1v) is 8.99. The first-order valence-electron chi connectivity index (χ1n) is 8.61. The minimum absolute atomic E-state index is 0.00533. The van der Waals surface area contributed by atoms with Crippen LogP contribution in [0.15, 0.2) is 30.9 Å². The van der Waals surface area contributed by atoms with E-state index in [0.717, 1.165) is 31.6 Å². The van der Waals surface area contributed by atoms with Gasteiger partial charge >= 0.3 is 0 Å². The fourth-order valence-electron chi connectivity index (χ4n) is 3.60. The Labute approximate surface area is 153 Å². The molecule has 0 spiro atoms. The molecule has 2 aromatic rings. The molecule has 2 atom stereocenters. The average molecular weight is 362 g/mol. The molecule has 1 fully saturated rings. The Balaban J connectivity index is 1.79. The van der Waals surface area contributed by atoms with E-state index in [1.807, 2.05) is 11.0 Å². The second kappa shape index (κ2) is 7.54. The highest BCUT2D eigenvalue weighted by Crippen LogP contribution is 2.28. The standard InChI is InChI=1S/C18H24ClN5O/c1-4-5-13-9-23(10-17(13)22(2)3)18(25)15-7-6-14(8-16(15)19)24-11-20-21-12-24/h6-8,11-13,17H,4-5,9-10H2,1-3H3. The third-order valence-corrected chi connectivity index (χ3v) is 5.23. The van der Waals surface area contributed by atoms with E-state index in [1.165, 1.54) is 0 Å². The van der Waals surface area contributed by atoms with E-state index in [1.54, 1.807) is 29.4 Å². The molecule has 0 radical (unpaired) electrons. The van der Waals surface area contributed by atoms with Gasteiger partial charge in [0.1, 0.15) is 12.7 Å². The molecular weight excluding hydrogens is 338 g/mol. The lowest BCUT2D eigenvalue weighted by atomic mass is 9.98. The molecule has 0 bridgehead atoms. The summed E-state index contributed by atoms with van der Waals surface area (Å²) in [5, 5.41) is 8.03. The molecule has 1 amide bonds. The van der Waals surface area contributed by atoms with E-state index in [-0.39, 0.29) is 5.91 Å². The number of carbonyl (C=O) groups is 1. The van der Waals surface area contributed by atoms with Gasteiger partial charge in [-0.15, -0.1) is 10.2 Å². The van der Waals surface area contributed by atoms with E-state index in [9.17, 15) is 4.79 Å². The molecule has 25 heavy (non-hydrogen) atoms. The maximum absolute atomic E-state index is 13.0. The number of likely N-dealkylation sites (tertiary alicyclic amines) is 1. The van der Waals surface area contributed by atoms with Crippen LogP contribution in [-0.4, -0.2) is 63.7 Å². The Morgan fingerprint density at radius 3 is 2.60 bits per heavy atom. The lowest BCUT2D eigenvalue weighted by molar-refractivity contribution is 0.0781. The van der Waals surface area contributed by atoms with Crippen molar-refractivity contribution in [1.82, 2.24) is 24.6 Å². The number of nitrogens with zero attached hydrogens (tertiary/aromatic N) is 5. The van der Waals surface area contributed by atoms with E-state index < -0.39 is 0 Å². The van der Waals surface area contributed by atoms with Crippen LogP contribution in [0.2, 0.25) is 5.02 Å². The van der Waals surface area contributed by atoms with Crippen LogP contribution in [-0.2, 0) is 0 Å². The van der Waals surface area contributed by atoms with Crippen LogP contribution in [0.4, 0.5) is 0 Å². The fourth-order valence-corrected chi connectivity index (χ4v) is 3.86. The molecule has 3 rings (SSSR count). The smallest absolute Gasteiger partial charge is 0.255 e. The lowest BCUT2D eigenvalue weighted by Crippen LogP contribution is -2.36. The van der Waals surface area contributed by atoms with Gasteiger partial charge in [-0.2, -0.15) is 0 Å². The van der Waals surface area contributed by atoms with Gasteiger partial charge in [0.25, 0.3) is 5.91 Å². The molecule has 1 aromatic carbocycles. The van der Waals surface area contributed by atoms with Gasteiger partial charge in [-0.25, -0.2) is 0 Å². The highest BCUT2D eigenvalue weighted by molar-refractivity contribution is 6.34. The monoisotopic (exact) mass is 361 g/mol. The zero-order valence-electron chi connectivity index (χ0n) is 14.9. The number of aromatic nitrogens is 3. The summed E-state index contributed by atoms with van der Waals surface area (Å²) < 4.78 is 1.76. The van der Waals surface area contributed by atoms with E-state index in [4.69, 9.17) is 11.6 Å². The largest absolute Gasteiger partial charge is 0.337 e. The minimum Gasteiger partial charge on any atom is -0.337 e. The lowest BCUT2D eigenvalue weighted by Gasteiger charge is -2.24. The molecule has 0 N–H and O–H groups in total. The quantitative estimate of drug-likeness (QED) is 0.821. The summed E-state index contributed by atoms with van der Waals surface area (Å²) in [6.45, 7) is 3.73. The molecule has 134 valence electrons. The Bertz CT molecular complexity index is 731. The highest BCUT2D eigenvalue weighted by Gasteiger charge is 2.36. The van der Waals surface area contributed by atoms with Gasteiger partial charge in [-0.05, 0) is 44.6 Å². The third kappa shape index (κ3) is 3.70. The van der Waals surface area contributed by atoms with Gasteiger partial charge < -0.3 is 9.80 Å². The zero-order chi connectivity index (χ0) is 18.0. The number of likely N-dealkylation sites (N-methyl/N-ethyl adjacent to an activating group) is 1. The van der Waals surface area contributed by atoms with Crippen molar-refractivity contribution in [3.63, 3.8) is 0 Å². The minimum atomic E-state index is 0.00533. The van der Waals surface area contributed by atoms with Crippen molar-refractivity contribution < 1.29 is 4.79 Å². The van der Waals surface area contributed by atoms with Crippen LogP contribution in [0.25, 0.3) is 5.69 Å². The predicted octanol–water partition coefficient (Wildman–Crippen LogP) is 2.72. The molecular formula is C18H24ClN5O. The van der Waals surface area contributed by atoms with Crippen LogP contribution < -0.4 is 0 Å². The molecule has 1 saturated heterocycles. The maximum Gasteiger partial charge on any atom is 0.255 e. The molecule has 7 heteroatoms. The molecule has 1 aliphatic heterocycles. The molecule has 2 heterocycles. The predicted molar refractivity (Wildman–Crippen MR) is 98.1 cm³/mol.